The fourth-order valence-electron chi connectivity index (χ4n) is 10.2. The summed E-state index contributed by atoms with van der Waals surface area (Å²) in [7, 11) is 0. The normalized spacial score (nSPS) is 13.3. The van der Waals surface area contributed by atoms with Gasteiger partial charge in [0.25, 0.3) is 0 Å². The maximum Gasteiger partial charge on any atom is 0.114 e. The quantitative estimate of drug-likeness (QED) is 0.176. The first-order valence-corrected chi connectivity index (χ1v) is 21.5. The molecule has 2 N–H and O–H groups in total. The molecule has 0 radical (unpaired) electrons. The highest BCUT2D eigenvalue weighted by atomic mass is 15.1. The molecule has 62 heavy (non-hydrogen) atoms. The fraction of sp³-hybridized carbons (Fsp3) is 0.0714. The number of fused-ring (bicyclic) bond motifs is 9. The lowest BCUT2D eigenvalue weighted by atomic mass is 9.83. The Morgan fingerprint density at radius 2 is 1.13 bits per heavy atom. The number of rotatable bonds is 6. The molecule has 11 aromatic rings. The summed E-state index contributed by atoms with van der Waals surface area (Å²) >= 11 is 0. The van der Waals surface area contributed by atoms with Crippen molar-refractivity contribution in [3.63, 3.8) is 0 Å². The van der Waals surface area contributed by atoms with E-state index in [0.717, 1.165) is 65.3 Å². The lowest BCUT2D eigenvalue weighted by Gasteiger charge is -2.21. The zero-order valence-corrected chi connectivity index (χ0v) is 33.9. The first-order valence-electron chi connectivity index (χ1n) is 21.5. The number of aromatic nitrogens is 6. The van der Waals surface area contributed by atoms with Crippen LogP contribution in [0.2, 0.25) is 0 Å². The van der Waals surface area contributed by atoms with Crippen molar-refractivity contribution in [3.8, 4) is 56.1 Å². The molecule has 0 fully saturated rings. The van der Waals surface area contributed by atoms with E-state index in [1.54, 1.807) is 0 Å². The molecular formula is C56H40N6. The van der Waals surface area contributed by atoms with Crippen LogP contribution >= 0.6 is 0 Å². The minimum Gasteiger partial charge on any atom is -0.366 e. The molecule has 0 aliphatic heterocycles. The van der Waals surface area contributed by atoms with E-state index in [1.165, 1.54) is 82.9 Å². The molecule has 5 aromatic carbocycles. The van der Waals surface area contributed by atoms with E-state index < -0.39 is 0 Å². The van der Waals surface area contributed by atoms with Gasteiger partial charge in [0, 0.05) is 75.1 Å². The summed E-state index contributed by atoms with van der Waals surface area (Å²) < 4.78 is 4.88. The van der Waals surface area contributed by atoms with Gasteiger partial charge in [0.2, 0.25) is 0 Å². The summed E-state index contributed by atoms with van der Waals surface area (Å²) in [5, 5.41) is 3.80. The molecule has 294 valence electrons. The number of hydrogen-bond donors (Lipinski definition) is 2. The van der Waals surface area contributed by atoms with Gasteiger partial charge in [-0.3, -0.25) is 14.5 Å². The second kappa shape index (κ2) is 13.8. The molecule has 0 bridgehead atoms. The van der Waals surface area contributed by atoms with E-state index in [0.29, 0.717) is 0 Å². The second-order valence-electron chi connectivity index (χ2n) is 16.7. The minimum absolute atomic E-state index is 0.933. The zero-order valence-electron chi connectivity index (χ0n) is 33.9. The Labute approximate surface area is 358 Å². The average Bonchev–Trinajstić information content (AvgIpc) is 4.17. The molecule has 13 rings (SSSR count). The molecule has 2 aliphatic rings. The van der Waals surface area contributed by atoms with Crippen LogP contribution in [0, 0.1) is 0 Å². The van der Waals surface area contributed by atoms with Crippen molar-refractivity contribution in [2.24, 2.45) is 0 Å². The number of H-pyrrole nitrogens is 2. The van der Waals surface area contributed by atoms with Crippen LogP contribution in [0.5, 0.6) is 0 Å². The van der Waals surface area contributed by atoms with Gasteiger partial charge in [-0.2, -0.15) is 0 Å². The van der Waals surface area contributed by atoms with E-state index >= 15 is 0 Å². The summed E-state index contributed by atoms with van der Waals surface area (Å²) in [6.07, 6.45) is 16.4. The van der Waals surface area contributed by atoms with Crippen molar-refractivity contribution < 1.29 is 0 Å². The predicted octanol–water partition coefficient (Wildman–Crippen LogP) is 13.4. The summed E-state index contributed by atoms with van der Waals surface area (Å²) in [6, 6.07) is 52.8. The number of aromatic amines is 2. The number of aryl methyl sites for hydroxylation is 2. The van der Waals surface area contributed by atoms with Crippen molar-refractivity contribution in [1.82, 2.24) is 29.1 Å². The van der Waals surface area contributed by atoms with Crippen LogP contribution in [0.15, 0.2) is 177 Å². The van der Waals surface area contributed by atoms with Crippen molar-refractivity contribution in [3.05, 3.63) is 205 Å². The third kappa shape index (κ3) is 5.50. The Morgan fingerprint density at radius 1 is 0.468 bits per heavy atom. The third-order valence-corrected chi connectivity index (χ3v) is 13.3. The van der Waals surface area contributed by atoms with E-state index in [9.17, 15) is 0 Å². The summed E-state index contributed by atoms with van der Waals surface area (Å²) in [5.41, 5.74) is 21.8. The van der Waals surface area contributed by atoms with Gasteiger partial charge in [0.15, 0.2) is 0 Å². The zero-order chi connectivity index (χ0) is 40.7. The predicted molar refractivity (Wildman–Crippen MR) is 254 cm³/mol. The van der Waals surface area contributed by atoms with Crippen LogP contribution < -0.4 is 0 Å². The van der Waals surface area contributed by atoms with Gasteiger partial charge in [0.1, 0.15) is 5.82 Å². The van der Waals surface area contributed by atoms with Gasteiger partial charge >= 0.3 is 0 Å². The number of benzene rings is 5. The molecule has 0 spiro atoms. The second-order valence-corrected chi connectivity index (χ2v) is 16.7. The van der Waals surface area contributed by atoms with Crippen molar-refractivity contribution in [2.45, 2.75) is 25.7 Å². The molecule has 6 aromatic heterocycles. The first-order chi connectivity index (χ1) is 30.7. The van der Waals surface area contributed by atoms with Crippen LogP contribution in [-0.4, -0.2) is 29.1 Å². The molecule has 6 heteroatoms. The summed E-state index contributed by atoms with van der Waals surface area (Å²) in [6.45, 7) is 0. The van der Waals surface area contributed by atoms with Gasteiger partial charge in [-0.15, -0.1) is 0 Å². The van der Waals surface area contributed by atoms with Crippen LogP contribution in [0.3, 0.4) is 0 Å². The molecule has 0 saturated heterocycles. The fourth-order valence-corrected chi connectivity index (χ4v) is 10.2. The number of pyridine rings is 2. The maximum atomic E-state index is 5.00. The molecule has 6 nitrogen and oxygen atoms in total. The topological polar surface area (TPSA) is 67.2 Å². The Kier molecular flexibility index (Phi) is 7.76. The number of allylic oxidation sites excluding steroid dienone is 1. The molecule has 0 unspecified atom stereocenters. The van der Waals surface area contributed by atoms with E-state index in [2.05, 4.69) is 171 Å². The molecular weight excluding hydrogens is 757 g/mol. The highest BCUT2D eigenvalue weighted by molar-refractivity contribution is 6.12. The van der Waals surface area contributed by atoms with Crippen molar-refractivity contribution >= 4 is 44.4 Å². The van der Waals surface area contributed by atoms with Crippen molar-refractivity contribution in [2.75, 3.05) is 0 Å². The van der Waals surface area contributed by atoms with Crippen LogP contribution in [-0.2, 0) is 19.3 Å². The maximum absolute atomic E-state index is 5.00. The van der Waals surface area contributed by atoms with Crippen LogP contribution in [0.25, 0.3) is 101 Å². The Bertz CT molecular complexity index is 3520. The number of hydrogen-bond acceptors (Lipinski definition) is 2. The average molecular weight is 797 g/mol. The highest BCUT2D eigenvalue weighted by Crippen LogP contribution is 2.45. The van der Waals surface area contributed by atoms with Gasteiger partial charge in [0.05, 0.1) is 33.6 Å². The minimum atomic E-state index is 0.933. The molecule has 0 saturated carbocycles. The van der Waals surface area contributed by atoms with Crippen molar-refractivity contribution in [1.29, 1.82) is 0 Å². The lowest BCUT2D eigenvalue weighted by molar-refractivity contribution is 0.881. The molecule has 2 aliphatic carbocycles. The highest BCUT2D eigenvalue weighted by Gasteiger charge is 2.27. The van der Waals surface area contributed by atoms with Gasteiger partial charge in [-0.1, -0.05) is 78.9 Å². The van der Waals surface area contributed by atoms with E-state index in [-0.39, 0.29) is 0 Å². The van der Waals surface area contributed by atoms with Gasteiger partial charge in [-0.05, 0) is 137 Å². The van der Waals surface area contributed by atoms with E-state index in [1.807, 2.05) is 30.9 Å². The smallest absolute Gasteiger partial charge is 0.114 e. The largest absolute Gasteiger partial charge is 0.366 e. The molecule has 0 amide bonds. The third-order valence-electron chi connectivity index (χ3n) is 13.3. The Balaban J connectivity index is 0.950. The van der Waals surface area contributed by atoms with Crippen LogP contribution in [0.1, 0.15) is 34.5 Å². The Hall–Kier alpha value is -7.96. The number of nitrogens with zero attached hydrogens (tertiary/aromatic N) is 4. The Morgan fingerprint density at radius 3 is 1.77 bits per heavy atom. The van der Waals surface area contributed by atoms with E-state index in [4.69, 9.17) is 9.97 Å². The monoisotopic (exact) mass is 796 g/mol. The lowest BCUT2D eigenvalue weighted by Crippen LogP contribution is -2.06. The van der Waals surface area contributed by atoms with Crippen LogP contribution in [0.4, 0.5) is 0 Å². The summed E-state index contributed by atoms with van der Waals surface area (Å²) in [5.74, 6) is 1.09. The first kappa shape index (κ1) is 34.9. The molecule has 0 atom stereocenters. The number of nitrogens with one attached hydrogen (secondary N) is 2. The molecule has 6 heterocycles. The van der Waals surface area contributed by atoms with Gasteiger partial charge < -0.3 is 14.5 Å². The summed E-state index contributed by atoms with van der Waals surface area (Å²) in [4.78, 5) is 16.8. The standard InChI is InChI=1S/C56H40N6/c1-3-8-35(9-4-1)41-15-19-50(59-32-41)39-17-21-52-46(28-39)48-26-37-13-14-38-27-49-47-29-40(51-20-16-42(33-60-51)36-10-5-2-6-11-36)18-22-53(47)62(56-12-7-24-58-56)55(49)31-45(38)44(37)30-54(48)61(52)43-23-25-57-34-43/h1-12,15-17,19-21,23-34,57-58H,13-14,18,22H2. The van der Waals surface area contributed by atoms with Gasteiger partial charge in [-0.25, -0.2) is 0 Å². The SMILES string of the molecule is C1=C(c2ccc(-c3ccccc3)cn2)CCc2c1c1cc3c(cc1n2-c1ccc[nH]1)-c1cc2c(cc1CC3)c1cc(-c3ccc(-c4ccccc4)cn3)ccc1n2-c1cc[nH]c1.